The molecule has 3 heterocycles. The number of unbranched alkanes of at least 4 members (excludes halogenated alkanes) is 3. The fourth-order valence-electron chi connectivity index (χ4n) is 7.67. The maximum atomic E-state index is 12.7. The Morgan fingerprint density at radius 2 is 1.44 bits per heavy atom. The van der Waals surface area contributed by atoms with Crippen molar-refractivity contribution in [1.29, 1.82) is 0 Å². The van der Waals surface area contributed by atoms with Gasteiger partial charge in [-0.25, -0.2) is 9.97 Å². The topological polar surface area (TPSA) is 155 Å². The Morgan fingerprint density at radius 1 is 0.729 bits per heavy atom. The van der Waals surface area contributed by atoms with Crippen LogP contribution in [0.5, 0.6) is 0 Å². The van der Waals surface area contributed by atoms with Crippen LogP contribution in [0.2, 0.25) is 0 Å². The molecule has 2 fully saturated rings. The van der Waals surface area contributed by atoms with E-state index in [1.165, 1.54) is 0 Å². The van der Waals surface area contributed by atoms with Crippen molar-refractivity contribution < 1.29 is 24.2 Å². The number of anilines is 3. The first-order chi connectivity index (χ1) is 28.9. The summed E-state index contributed by atoms with van der Waals surface area (Å²) in [6, 6.07) is 33.6. The molecule has 2 amide bonds. The smallest absolute Gasteiger partial charge is 0.225 e. The summed E-state index contributed by atoms with van der Waals surface area (Å²) in [7, 11) is 0. The number of rotatable bonds is 17. The van der Waals surface area contributed by atoms with Gasteiger partial charge in [0.1, 0.15) is 0 Å². The molecule has 12 nitrogen and oxygen atoms in total. The summed E-state index contributed by atoms with van der Waals surface area (Å²) in [5, 5.41) is 15.6. The summed E-state index contributed by atoms with van der Waals surface area (Å²) in [6.07, 6.45) is 7.65. The van der Waals surface area contributed by atoms with E-state index in [2.05, 4.69) is 60.7 Å². The average molecular weight is 798 g/mol. The van der Waals surface area contributed by atoms with Crippen LogP contribution in [0.3, 0.4) is 0 Å². The van der Waals surface area contributed by atoms with Gasteiger partial charge in [0.2, 0.25) is 17.8 Å². The van der Waals surface area contributed by atoms with Crippen LogP contribution in [0.15, 0.2) is 116 Å². The van der Waals surface area contributed by atoms with Crippen LogP contribution < -0.4 is 21.3 Å². The lowest BCUT2D eigenvalue weighted by Crippen LogP contribution is -2.50. The summed E-state index contributed by atoms with van der Waals surface area (Å²) in [5.41, 5.74) is 13.1. The number of nitrogen functional groups attached to an aromatic ring is 1. The molecule has 0 bridgehead atoms. The normalized spacial score (nSPS) is 18.3. The zero-order valence-electron chi connectivity index (χ0n) is 33.5. The van der Waals surface area contributed by atoms with Crippen LogP contribution in [0.25, 0.3) is 11.1 Å². The van der Waals surface area contributed by atoms with Crippen LogP contribution in [0.1, 0.15) is 79.6 Å². The largest absolute Gasteiger partial charge is 0.397 e. The van der Waals surface area contributed by atoms with Crippen molar-refractivity contribution in [3.05, 3.63) is 138 Å². The van der Waals surface area contributed by atoms with Gasteiger partial charge in [0.05, 0.1) is 30.2 Å². The number of benzene rings is 4. The summed E-state index contributed by atoms with van der Waals surface area (Å²) < 4.78 is 13.4. The third kappa shape index (κ3) is 12.0. The number of piperazine rings is 1. The zero-order valence-corrected chi connectivity index (χ0v) is 33.5. The molecule has 308 valence electrons. The Hall–Kier alpha value is -5.66. The van der Waals surface area contributed by atoms with E-state index in [-0.39, 0.29) is 30.6 Å². The number of carbonyl (C=O) groups excluding carboxylic acids is 2. The lowest BCUT2D eigenvalue weighted by Gasteiger charge is -2.40. The van der Waals surface area contributed by atoms with Crippen molar-refractivity contribution >= 4 is 29.1 Å². The van der Waals surface area contributed by atoms with Crippen LogP contribution in [-0.4, -0.2) is 70.6 Å². The molecule has 0 aliphatic carbocycles. The SMILES string of the molecule is Nc1ccccc1NC(=O)CCCCCCC(=O)NCc1cccc(-c2cccc([C@H]3O[C@@H](CN4CCN(c5ncccn5)CC4)C[C@@H](c4ccc(CO)cc4)O3)c2)c1. The molecule has 5 aromatic rings. The minimum atomic E-state index is -0.566. The first kappa shape index (κ1) is 41.5. The van der Waals surface area contributed by atoms with Crippen molar-refractivity contribution in [2.75, 3.05) is 48.7 Å². The Labute approximate surface area is 346 Å². The van der Waals surface area contributed by atoms with Gasteiger partial charge in [-0.1, -0.05) is 85.6 Å². The number of nitrogens with zero attached hydrogens (tertiary/aromatic N) is 4. The van der Waals surface area contributed by atoms with E-state index in [9.17, 15) is 14.7 Å². The summed E-state index contributed by atoms with van der Waals surface area (Å²) in [5.74, 6) is 0.736. The van der Waals surface area contributed by atoms with Crippen LogP contribution in [0.4, 0.5) is 17.3 Å². The molecule has 1 aromatic heterocycles. The van der Waals surface area contributed by atoms with E-state index >= 15 is 0 Å². The molecular formula is C47H55N7O5. The van der Waals surface area contributed by atoms with Gasteiger partial charge < -0.3 is 35.8 Å². The fraction of sp³-hybridized carbons (Fsp3) is 0.362. The van der Waals surface area contributed by atoms with Gasteiger partial charge in [-0.3, -0.25) is 14.5 Å². The Balaban J connectivity index is 0.915. The van der Waals surface area contributed by atoms with E-state index in [0.717, 1.165) is 97.7 Å². The highest BCUT2D eigenvalue weighted by molar-refractivity contribution is 5.93. The van der Waals surface area contributed by atoms with E-state index < -0.39 is 6.29 Å². The highest BCUT2D eigenvalue weighted by Gasteiger charge is 2.34. The zero-order chi connectivity index (χ0) is 40.8. The molecule has 0 saturated carbocycles. The standard InChI is InChI=1S/C47H55N7O5/c48-41-14-5-6-15-42(41)52-45(57)17-4-2-1-3-16-44(56)51-31-35-10-7-11-37(28-35)38-12-8-13-39(29-38)46-58-40(30-43(59-46)36-20-18-34(33-55)19-21-36)32-53-24-26-54(27-25-53)47-49-22-9-23-50-47/h5-15,18-23,28-29,40,43,46,55H,1-4,16-17,24-27,30-33,48H2,(H,51,56)(H,52,57)/t40-,43+,46+/m1/s1. The van der Waals surface area contributed by atoms with Gasteiger partial charge in [0.25, 0.3) is 0 Å². The van der Waals surface area contributed by atoms with E-state index in [4.69, 9.17) is 15.2 Å². The number of carbonyl (C=O) groups is 2. The van der Waals surface area contributed by atoms with Crippen LogP contribution in [0, 0.1) is 0 Å². The van der Waals surface area contributed by atoms with Gasteiger partial charge in [0.15, 0.2) is 6.29 Å². The number of aromatic nitrogens is 2. The second-order valence-corrected chi connectivity index (χ2v) is 15.3. The lowest BCUT2D eigenvalue weighted by molar-refractivity contribution is -0.253. The highest BCUT2D eigenvalue weighted by atomic mass is 16.7. The van der Waals surface area contributed by atoms with Crippen molar-refractivity contribution in [2.24, 2.45) is 0 Å². The average Bonchev–Trinajstić information content (AvgIpc) is 3.28. The molecule has 12 heteroatoms. The molecule has 2 aliphatic rings. The monoisotopic (exact) mass is 797 g/mol. The minimum Gasteiger partial charge on any atom is -0.397 e. The van der Waals surface area contributed by atoms with Crippen molar-refractivity contribution in [3.63, 3.8) is 0 Å². The molecule has 0 spiro atoms. The van der Waals surface area contributed by atoms with Gasteiger partial charge in [-0.2, -0.15) is 0 Å². The second kappa shape index (κ2) is 20.9. The second-order valence-electron chi connectivity index (χ2n) is 15.3. The van der Waals surface area contributed by atoms with Gasteiger partial charge in [-0.15, -0.1) is 0 Å². The molecule has 59 heavy (non-hydrogen) atoms. The molecule has 0 radical (unpaired) electrons. The first-order valence-corrected chi connectivity index (χ1v) is 20.8. The Morgan fingerprint density at radius 3 is 2.19 bits per heavy atom. The fourth-order valence-corrected chi connectivity index (χ4v) is 7.67. The highest BCUT2D eigenvalue weighted by Crippen LogP contribution is 2.39. The van der Waals surface area contributed by atoms with Crippen LogP contribution >= 0.6 is 0 Å². The van der Waals surface area contributed by atoms with Crippen molar-refractivity contribution in [3.8, 4) is 11.1 Å². The van der Waals surface area contributed by atoms with E-state index in [1.807, 2.05) is 60.7 Å². The number of aliphatic hydroxyl groups is 1. The number of hydrogen-bond donors (Lipinski definition) is 4. The molecule has 7 rings (SSSR count). The molecule has 4 aromatic carbocycles. The Kier molecular flexibility index (Phi) is 14.7. The third-order valence-corrected chi connectivity index (χ3v) is 11.0. The molecule has 3 atom stereocenters. The summed E-state index contributed by atoms with van der Waals surface area (Å²) in [4.78, 5) is 38.5. The predicted molar refractivity (Wildman–Crippen MR) is 230 cm³/mol. The number of ether oxygens (including phenoxy) is 2. The maximum Gasteiger partial charge on any atom is 0.225 e. The number of hydrogen-bond acceptors (Lipinski definition) is 10. The van der Waals surface area contributed by atoms with Crippen molar-refractivity contribution in [2.45, 2.75) is 76.6 Å². The number of nitrogens with one attached hydrogen (secondary N) is 2. The predicted octanol–water partition coefficient (Wildman–Crippen LogP) is 7.18. The molecule has 5 N–H and O–H groups in total. The minimum absolute atomic E-state index is 0.00250. The lowest BCUT2D eigenvalue weighted by atomic mass is 9.98. The van der Waals surface area contributed by atoms with Gasteiger partial charge >= 0.3 is 0 Å². The maximum absolute atomic E-state index is 12.7. The quantitative estimate of drug-likeness (QED) is 0.0562. The third-order valence-electron chi connectivity index (χ3n) is 11.0. The summed E-state index contributed by atoms with van der Waals surface area (Å²) in [6.45, 7) is 4.70. The Bertz CT molecular complexity index is 2110. The number of aliphatic hydroxyl groups excluding tert-OH is 1. The number of para-hydroxylation sites is 2. The number of nitrogens with two attached hydrogens (primary N) is 1. The van der Waals surface area contributed by atoms with Gasteiger partial charge in [0, 0.05) is 76.5 Å². The van der Waals surface area contributed by atoms with E-state index in [1.54, 1.807) is 24.5 Å². The van der Waals surface area contributed by atoms with E-state index in [0.29, 0.717) is 37.2 Å². The van der Waals surface area contributed by atoms with Crippen LogP contribution in [-0.2, 0) is 32.2 Å². The summed E-state index contributed by atoms with van der Waals surface area (Å²) >= 11 is 0. The number of amides is 2. The first-order valence-electron chi connectivity index (χ1n) is 20.8. The molecule has 2 aliphatic heterocycles. The van der Waals surface area contributed by atoms with Crippen molar-refractivity contribution in [1.82, 2.24) is 20.2 Å². The molecular weight excluding hydrogens is 743 g/mol. The molecule has 0 unspecified atom stereocenters. The molecule has 2 saturated heterocycles. The van der Waals surface area contributed by atoms with Gasteiger partial charge in [-0.05, 0) is 71.0 Å².